The number of nitrogens with one attached hydrogen (secondary N) is 3. The number of fused-ring (bicyclic) bond motifs is 4. The van der Waals surface area contributed by atoms with Crippen molar-refractivity contribution in [2.45, 2.75) is 38.1 Å². The molecule has 3 N–H and O–H groups in total. The highest BCUT2D eigenvalue weighted by Gasteiger charge is 2.36. The number of benzene rings is 2. The molecule has 1 atom stereocenters. The molecule has 2 amide bonds. The molecule has 1 unspecified atom stereocenters. The lowest BCUT2D eigenvalue weighted by atomic mass is 9.68. The minimum Gasteiger partial charge on any atom is -0.349 e. The van der Waals surface area contributed by atoms with E-state index in [4.69, 9.17) is 0 Å². The van der Waals surface area contributed by atoms with Gasteiger partial charge in [-0.1, -0.05) is 25.0 Å². The smallest absolute Gasteiger partial charge is 0.255 e. The summed E-state index contributed by atoms with van der Waals surface area (Å²) < 4.78 is 0. The van der Waals surface area contributed by atoms with Crippen LogP contribution in [0.25, 0.3) is 22.4 Å². The van der Waals surface area contributed by atoms with Gasteiger partial charge in [-0.25, -0.2) is 4.98 Å². The van der Waals surface area contributed by atoms with Gasteiger partial charge in [0.25, 0.3) is 11.8 Å². The molecule has 2 aromatic carbocycles. The Morgan fingerprint density at radius 3 is 2.31 bits per heavy atom. The molecule has 3 aliphatic rings. The Morgan fingerprint density at radius 1 is 0.857 bits per heavy atom. The van der Waals surface area contributed by atoms with E-state index in [-0.39, 0.29) is 11.8 Å². The second-order valence-electron chi connectivity index (χ2n) is 9.68. The Kier molecular flexibility index (Phi) is 5.52. The number of imidazole rings is 1. The van der Waals surface area contributed by atoms with Gasteiger partial charge in [-0.3, -0.25) is 14.6 Å². The van der Waals surface area contributed by atoms with Gasteiger partial charge in [0.15, 0.2) is 0 Å². The highest BCUT2D eigenvalue weighted by Crippen LogP contribution is 2.41. The third-order valence-corrected chi connectivity index (χ3v) is 7.47. The summed E-state index contributed by atoms with van der Waals surface area (Å²) in [5.74, 6) is 1.90. The number of rotatable bonds is 5. The van der Waals surface area contributed by atoms with Crippen molar-refractivity contribution >= 4 is 28.5 Å². The van der Waals surface area contributed by atoms with Crippen LogP contribution >= 0.6 is 0 Å². The maximum atomic E-state index is 13.0. The van der Waals surface area contributed by atoms with E-state index < -0.39 is 0 Å². The second kappa shape index (κ2) is 8.98. The zero-order valence-corrected chi connectivity index (χ0v) is 19.3. The normalized spacial score (nSPS) is 21.1. The van der Waals surface area contributed by atoms with Crippen molar-refractivity contribution in [3.63, 3.8) is 0 Å². The molecule has 0 saturated heterocycles. The molecule has 176 valence electrons. The van der Waals surface area contributed by atoms with Crippen molar-refractivity contribution in [3.8, 4) is 11.4 Å². The Morgan fingerprint density at radius 2 is 1.60 bits per heavy atom. The maximum absolute atomic E-state index is 13.0. The van der Waals surface area contributed by atoms with Gasteiger partial charge in [0.2, 0.25) is 0 Å². The van der Waals surface area contributed by atoms with Crippen LogP contribution in [-0.4, -0.2) is 32.8 Å². The minimum absolute atomic E-state index is 0.00911. The first-order valence-electron chi connectivity index (χ1n) is 12.2. The summed E-state index contributed by atoms with van der Waals surface area (Å²) in [5.41, 5.74) is 4.38. The molecule has 0 spiro atoms. The van der Waals surface area contributed by atoms with E-state index in [9.17, 15) is 9.59 Å². The first kappa shape index (κ1) is 21.5. The average molecular weight is 466 g/mol. The number of aromatic amines is 1. The van der Waals surface area contributed by atoms with Crippen LogP contribution in [0.3, 0.4) is 0 Å². The minimum atomic E-state index is -0.186. The molecule has 7 nitrogen and oxygen atoms in total. The van der Waals surface area contributed by atoms with Crippen molar-refractivity contribution in [1.82, 2.24) is 20.3 Å². The van der Waals surface area contributed by atoms with Crippen LogP contribution in [0.1, 0.15) is 52.8 Å². The number of hydrogen-bond donors (Lipinski definition) is 3. The summed E-state index contributed by atoms with van der Waals surface area (Å²) in [6, 6.07) is 16.7. The molecule has 2 heterocycles. The first-order valence-corrected chi connectivity index (χ1v) is 12.2. The fraction of sp³-hybridized carbons (Fsp3) is 0.286. The van der Waals surface area contributed by atoms with E-state index in [0.717, 1.165) is 28.9 Å². The van der Waals surface area contributed by atoms with E-state index in [1.165, 1.54) is 25.7 Å². The van der Waals surface area contributed by atoms with E-state index in [2.05, 4.69) is 25.6 Å². The third kappa shape index (κ3) is 4.41. The van der Waals surface area contributed by atoms with Gasteiger partial charge in [0, 0.05) is 40.8 Å². The molecule has 0 radical (unpaired) electrons. The van der Waals surface area contributed by atoms with Crippen LogP contribution in [0.5, 0.6) is 0 Å². The molecule has 7 heteroatoms. The quantitative estimate of drug-likeness (QED) is 0.378. The zero-order valence-electron chi connectivity index (χ0n) is 19.3. The van der Waals surface area contributed by atoms with E-state index >= 15 is 0 Å². The summed E-state index contributed by atoms with van der Waals surface area (Å²) in [6.45, 7) is 0. The first-order chi connectivity index (χ1) is 17.1. The molecule has 3 fully saturated rings. The zero-order chi connectivity index (χ0) is 23.8. The monoisotopic (exact) mass is 465 g/mol. The van der Waals surface area contributed by atoms with E-state index in [0.29, 0.717) is 34.6 Å². The molecule has 7 rings (SSSR count). The standard InChI is InChI=1S/C28H27N5O2/c34-27(30-22-11-13-29-14-12-22)20-7-5-19(6-8-20)26-31-23-10-9-21(16-25(23)32-26)28(35)33-24-15-17-1-3-18(24)4-2-17/h5-14,16-18,24H,1-4,15H2,(H,31,32)(H,33,35)(H,29,30,34). The number of aromatic nitrogens is 3. The Hall–Kier alpha value is -4.00. The summed E-state index contributed by atoms with van der Waals surface area (Å²) >= 11 is 0. The SMILES string of the molecule is O=C(Nc1ccncc1)c1ccc(-c2nc3ccc(C(=O)NC4CC5CCC4CC5)cc3[nH]2)cc1. The number of amides is 2. The van der Waals surface area contributed by atoms with Crippen LogP contribution in [0, 0.1) is 11.8 Å². The van der Waals surface area contributed by atoms with Crippen molar-refractivity contribution in [2.75, 3.05) is 5.32 Å². The third-order valence-electron chi connectivity index (χ3n) is 7.47. The van der Waals surface area contributed by atoms with Gasteiger partial charge in [0.05, 0.1) is 11.0 Å². The molecule has 2 bridgehead atoms. The van der Waals surface area contributed by atoms with Crippen LogP contribution < -0.4 is 10.6 Å². The summed E-state index contributed by atoms with van der Waals surface area (Å²) in [6.07, 6.45) is 9.49. The molecule has 2 aromatic heterocycles. The van der Waals surface area contributed by atoms with E-state index in [1.54, 1.807) is 36.7 Å². The molecule has 4 aromatic rings. The van der Waals surface area contributed by atoms with Crippen molar-refractivity contribution in [2.24, 2.45) is 11.8 Å². The molecular weight excluding hydrogens is 438 g/mol. The van der Waals surface area contributed by atoms with Crippen LogP contribution in [0.15, 0.2) is 67.0 Å². The largest absolute Gasteiger partial charge is 0.349 e. The summed E-state index contributed by atoms with van der Waals surface area (Å²) in [4.78, 5) is 37.4. The number of carbonyl (C=O) groups excluding carboxylic acids is 2. The van der Waals surface area contributed by atoms with Gasteiger partial charge in [-0.15, -0.1) is 0 Å². The maximum Gasteiger partial charge on any atom is 0.255 e. The summed E-state index contributed by atoms with van der Waals surface area (Å²) in [5, 5.41) is 6.14. The number of hydrogen-bond acceptors (Lipinski definition) is 4. The topological polar surface area (TPSA) is 99.8 Å². The van der Waals surface area contributed by atoms with Crippen LogP contribution in [0.4, 0.5) is 5.69 Å². The van der Waals surface area contributed by atoms with Gasteiger partial charge >= 0.3 is 0 Å². The second-order valence-corrected chi connectivity index (χ2v) is 9.68. The predicted molar refractivity (Wildman–Crippen MR) is 135 cm³/mol. The Bertz CT molecular complexity index is 1370. The molecular formula is C28H27N5O2. The van der Waals surface area contributed by atoms with Crippen LogP contribution in [-0.2, 0) is 0 Å². The molecule has 35 heavy (non-hydrogen) atoms. The van der Waals surface area contributed by atoms with Gasteiger partial charge in [-0.2, -0.15) is 0 Å². The Balaban J connectivity index is 1.16. The fourth-order valence-electron chi connectivity index (χ4n) is 5.51. The average Bonchev–Trinajstić information content (AvgIpc) is 3.34. The molecule has 3 aliphatic carbocycles. The van der Waals surface area contributed by atoms with Gasteiger partial charge in [-0.05, 0) is 73.6 Å². The number of anilines is 1. The van der Waals surface area contributed by atoms with Crippen LogP contribution in [0.2, 0.25) is 0 Å². The highest BCUT2D eigenvalue weighted by atomic mass is 16.2. The lowest BCUT2D eigenvalue weighted by Gasteiger charge is -2.42. The number of nitrogens with zero attached hydrogens (tertiary/aromatic N) is 2. The fourth-order valence-corrected chi connectivity index (χ4v) is 5.51. The van der Waals surface area contributed by atoms with Crippen molar-refractivity contribution in [3.05, 3.63) is 78.1 Å². The lowest BCUT2D eigenvalue weighted by Crippen LogP contribution is -2.47. The highest BCUT2D eigenvalue weighted by molar-refractivity contribution is 6.04. The number of pyridine rings is 1. The van der Waals surface area contributed by atoms with Crippen molar-refractivity contribution in [1.29, 1.82) is 0 Å². The number of carbonyl (C=O) groups is 2. The van der Waals surface area contributed by atoms with E-state index in [1.807, 2.05) is 30.3 Å². The molecule has 3 saturated carbocycles. The number of H-pyrrole nitrogens is 1. The predicted octanol–water partition coefficient (Wildman–Crippen LogP) is 5.19. The van der Waals surface area contributed by atoms with Gasteiger partial charge < -0.3 is 15.6 Å². The lowest BCUT2D eigenvalue weighted by molar-refractivity contribution is 0.0810. The molecule has 0 aliphatic heterocycles. The van der Waals surface area contributed by atoms with Gasteiger partial charge in [0.1, 0.15) is 5.82 Å². The Labute approximate surface area is 203 Å². The summed E-state index contributed by atoms with van der Waals surface area (Å²) in [7, 11) is 0. The van der Waals surface area contributed by atoms with Crippen molar-refractivity contribution < 1.29 is 9.59 Å².